The van der Waals surface area contributed by atoms with Crippen molar-refractivity contribution in [2.75, 3.05) is 4.90 Å². The Labute approximate surface area is 353 Å². The Kier molecular flexibility index (Phi) is 8.17. The van der Waals surface area contributed by atoms with Crippen LogP contribution in [0.2, 0.25) is 0 Å². The van der Waals surface area contributed by atoms with Crippen LogP contribution in [0.5, 0.6) is 0 Å². The first kappa shape index (κ1) is 34.9. The highest BCUT2D eigenvalue weighted by Gasteiger charge is 2.18. The van der Waals surface area contributed by atoms with E-state index >= 15 is 0 Å². The summed E-state index contributed by atoms with van der Waals surface area (Å²) < 4.78 is 12.9. The molecule has 0 N–H and O–H groups in total. The second kappa shape index (κ2) is 14.3. The van der Waals surface area contributed by atoms with Crippen molar-refractivity contribution in [3.05, 3.63) is 224 Å². The predicted octanol–water partition coefficient (Wildman–Crippen LogP) is 16.8. The number of para-hydroxylation sites is 1. The largest absolute Gasteiger partial charge is 0.456 e. The lowest BCUT2D eigenvalue weighted by Gasteiger charge is -2.26. The average molecular weight is 780 g/mol. The molecule has 2 heterocycles. The molecule has 0 unspecified atom stereocenters. The summed E-state index contributed by atoms with van der Waals surface area (Å²) in [6, 6.07) is 80.0. The number of furan rings is 2. The van der Waals surface area contributed by atoms with E-state index in [0.717, 1.165) is 94.1 Å². The zero-order chi connectivity index (χ0) is 40.3. The summed E-state index contributed by atoms with van der Waals surface area (Å²) in [5.41, 5.74) is 16.0. The van der Waals surface area contributed by atoms with E-state index in [9.17, 15) is 0 Å². The van der Waals surface area contributed by atoms with Gasteiger partial charge in [0.25, 0.3) is 0 Å². The van der Waals surface area contributed by atoms with Gasteiger partial charge in [-0.15, -0.1) is 0 Å². The molecule has 286 valence electrons. The maximum atomic E-state index is 6.59. The van der Waals surface area contributed by atoms with Crippen LogP contribution in [0.3, 0.4) is 0 Å². The van der Waals surface area contributed by atoms with Gasteiger partial charge in [-0.3, -0.25) is 0 Å². The molecule has 10 aromatic carbocycles. The molecule has 2 aromatic heterocycles. The quantitative estimate of drug-likeness (QED) is 0.161. The van der Waals surface area contributed by atoms with Gasteiger partial charge < -0.3 is 13.7 Å². The number of nitrogens with zero attached hydrogens (tertiary/aromatic N) is 1. The molecule has 0 aliphatic heterocycles. The smallest absolute Gasteiger partial charge is 0.143 e. The van der Waals surface area contributed by atoms with Crippen LogP contribution in [0.15, 0.2) is 233 Å². The summed E-state index contributed by atoms with van der Waals surface area (Å²) in [5, 5.41) is 6.81. The molecule has 0 spiro atoms. The number of anilines is 3. The minimum absolute atomic E-state index is 0.884. The lowest BCUT2D eigenvalue weighted by Crippen LogP contribution is -2.10. The van der Waals surface area contributed by atoms with E-state index in [1.807, 2.05) is 12.1 Å². The Morgan fingerprint density at radius 3 is 1.62 bits per heavy atom. The highest BCUT2D eigenvalue weighted by atomic mass is 16.3. The van der Waals surface area contributed by atoms with Crippen LogP contribution >= 0.6 is 0 Å². The van der Waals surface area contributed by atoms with Crippen molar-refractivity contribution in [1.82, 2.24) is 0 Å². The van der Waals surface area contributed by atoms with Gasteiger partial charge in [0.2, 0.25) is 0 Å². The fourth-order valence-corrected chi connectivity index (χ4v) is 9.07. The SMILES string of the molecule is c1ccc(-c2cccc(-c3ccc(N(c4ccc(-c5ccc6c(c5)oc5ccccc56)cc4)c4cccc(-c5cccc6oc7c8ccccc8ccc7c56)c4)cc3)c2)cc1. The Balaban J connectivity index is 0.961. The first-order valence-corrected chi connectivity index (χ1v) is 20.7. The topological polar surface area (TPSA) is 29.5 Å². The van der Waals surface area contributed by atoms with Gasteiger partial charge in [0.1, 0.15) is 22.3 Å². The maximum Gasteiger partial charge on any atom is 0.143 e. The van der Waals surface area contributed by atoms with E-state index in [1.54, 1.807) is 0 Å². The minimum atomic E-state index is 0.884. The number of hydrogen-bond donors (Lipinski definition) is 0. The molecule has 0 radical (unpaired) electrons. The molecule has 0 atom stereocenters. The molecule has 61 heavy (non-hydrogen) atoms. The number of fused-ring (bicyclic) bond motifs is 8. The van der Waals surface area contributed by atoms with Gasteiger partial charge in [0, 0.05) is 44.0 Å². The van der Waals surface area contributed by atoms with Crippen molar-refractivity contribution in [2.24, 2.45) is 0 Å². The highest BCUT2D eigenvalue weighted by Crippen LogP contribution is 2.43. The maximum absolute atomic E-state index is 6.59. The zero-order valence-corrected chi connectivity index (χ0v) is 33.1. The molecule has 12 aromatic rings. The molecule has 0 amide bonds. The summed E-state index contributed by atoms with van der Waals surface area (Å²) in [6.45, 7) is 0. The molecule has 3 nitrogen and oxygen atoms in total. The van der Waals surface area contributed by atoms with Crippen LogP contribution in [-0.2, 0) is 0 Å². The van der Waals surface area contributed by atoms with E-state index in [-0.39, 0.29) is 0 Å². The Morgan fingerprint density at radius 2 is 0.836 bits per heavy atom. The summed E-state index contributed by atoms with van der Waals surface area (Å²) >= 11 is 0. The number of benzene rings is 10. The monoisotopic (exact) mass is 779 g/mol. The lowest BCUT2D eigenvalue weighted by molar-refractivity contribution is 0.669. The van der Waals surface area contributed by atoms with Crippen LogP contribution in [0, 0.1) is 0 Å². The van der Waals surface area contributed by atoms with E-state index in [1.165, 1.54) is 22.1 Å². The van der Waals surface area contributed by atoms with Gasteiger partial charge in [-0.1, -0.05) is 152 Å². The predicted molar refractivity (Wildman–Crippen MR) is 255 cm³/mol. The van der Waals surface area contributed by atoms with Gasteiger partial charge in [-0.25, -0.2) is 0 Å². The van der Waals surface area contributed by atoms with Crippen molar-refractivity contribution in [2.45, 2.75) is 0 Å². The third kappa shape index (κ3) is 6.06. The third-order valence-electron chi connectivity index (χ3n) is 12.1. The highest BCUT2D eigenvalue weighted by molar-refractivity contribution is 6.19. The Morgan fingerprint density at radius 1 is 0.279 bits per heavy atom. The first-order chi connectivity index (χ1) is 30.2. The van der Waals surface area contributed by atoms with E-state index in [2.05, 4.69) is 217 Å². The summed E-state index contributed by atoms with van der Waals surface area (Å²) in [5.74, 6) is 0. The molecule has 0 bridgehead atoms. The van der Waals surface area contributed by atoms with Crippen LogP contribution in [0.4, 0.5) is 17.1 Å². The fraction of sp³-hybridized carbons (Fsp3) is 0. The van der Waals surface area contributed by atoms with Gasteiger partial charge in [-0.05, 0) is 123 Å². The molecule has 0 fully saturated rings. The standard InChI is InChI=1S/C58H37NO2/c1-2-11-38(12-3-1)42-14-8-15-43(35-42)39-23-29-46(30-24-39)59(47-31-25-40(26-32-47)44-28-33-52-51-19-6-7-21-54(51)60-56(52)37-44)48-17-9-16-45(36-48)49-20-10-22-55-57(49)53-34-27-41-13-4-5-18-50(41)58(53)61-55/h1-37H. The van der Waals surface area contributed by atoms with Gasteiger partial charge in [0.05, 0.1) is 0 Å². The molecule has 12 rings (SSSR count). The normalized spacial score (nSPS) is 11.6. The Bertz CT molecular complexity index is 3580. The van der Waals surface area contributed by atoms with Crippen molar-refractivity contribution >= 4 is 71.7 Å². The lowest BCUT2D eigenvalue weighted by atomic mass is 9.97. The van der Waals surface area contributed by atoms with Crippen molar-refractivity contribution in [1.29, 1.82) is 0 Å². The van der Waals surface area contributed by atoms with Crippen molar-refractivity contribution < 1.29 is 8.83 Å². The van der Waals surface area contributed by atoms with Crippen LogP contribution in [-0.4, -0.2) is 0 Å². The second-order valence-corrected chi connectivity index (χ2v) is 15.7. The van der Waals surface area contributed by atoms with Crippen molar-refractivity contribution in [3.8, 4) is 44.5 Å². The first-order valence-electron chi connectivity index (χ1n) is 20.7. The van der Waals surface area contributed by atoms with Crippen LogP contribution in [0.25, 0.3) is 99.2 Å². The fourth-order valence-electron chi connectivity index (χ4n) is 9.07. The van der Waals surface area contributed by atoms with E-state index in [4.69, 9.17) is 8.83 Å². The average Bonchev–Trinajstić information content (AvgIpc) is 3.91. The van der Waals surface area contributed by atoms with Gasteiger partial charge >= 0.3 is 0 Å². The van der Waals surface area contributed by atoms with Gasteiger partial charge in [0.15, 0.2) is 0 Å². The zero-order valence-electron chi connectivity index (χ0n) is 33.1. The summed E-state index contributed by atoms with van der Waals surface area (Å²) in [4.78, 5) is 2.35. The minimum Gasteiger partial charge on any atom is -0.456 e. The molecular formula is C58H37NO2. The molecule has 0 aliphatic carbocycles. The molecular weight excluding hydrogens is 743 g/mol. The van der Waals surface area contributed by atoms with E-state index < -0.39 is 0 Å². The molecule has 0 saturated heterocycles. The van der Waals surface area contributed by atoms with Crippen molar-refractivity contribution in [3.63, 3.8) is 0 Å². The van der Waals surface area contributed by atoms with Crippen LogP contribution in [0.1, 0.15) is 0 Å². The summed E-state index contributed by atoms with van der Waals surface area (Å²) in [7, 11) is 0. The second-order valence-electron chi connectivity index (χ2n) is 15.7. The van der Waals surface area contributed by atoms with Crippen LogP contribution < -0.4 is 4.90 Å². The Hall–Kier alpha value is -8.14. The summed E-state index contributed by atoms with van der Waals surface area (Å²) in [6.07, 6.45) is 0. The number of rotatable bonds is 7. The molecule has 0 aliphatic rings. The van der Waals surface area contributed by atoms with Gasteiger partial charge in [-0.2, -0.15) is 0 Å². The number of hydrogen-bond acceptors (Lipinski definition) is 3. The molecule has 3 heteroatoms. The molecule has 0 saturated carbocycles. The third-order valence-corrected chi connectivity index (χ3v) is 12.1. The van der Waals surface area contributed by atoms with E-state index in [0.29, 0.717) is 0 Å².